The van der Waals surface area contributed by atoms with Gasteiger partial charge in [-0.25, -0.2) is 4.79 Å². The fraction of sp³-hybridized carbons (Fsp3) is 0.0769. The van der Waals surface area contributed by atoms with Gasteiger partial charge in [0, 0.05) is 18.0 Å². The second-order valence-corrected chi connectivity index (χ2v) is 3.62. The number of rotatable bonds is 4. The van der Waals surface area contributed by atoms with Gasteiger partial charge >= 0.3 is 5.97 Å². The van der Waals surface area contributed by atoms with Gasteiger partial charge in [-0.3, -0.25) is 4.98 Å². The van der Waals surface area contributed by atoms with E-state index >= 15 is 0 Å². The zero-order valence-electron chi connectivity index (χ0n) is 9.41. The van der Waals surface area contributed by atoms with Gasteiger partial charge < -0.3 is 14.9 Å². The number of carbonyl (C=O) groups is 1. The predicted molar refractivity (Wildman–Crippen MR) is 63.6 cm³/mol. The number of phenolic OH excluding ortho intramolecular Hbond substituents is 1. The Hall–Kier alpha value is -2.56. The van der Waals surface area contributed by atoms with E-state index in [0.29, 0.717) is 11.3 Å². The van der Waals surface area contributed by atoms with Crippen LogP contribution in [0.5, 0.6) is 11.5 Å². The summed E-state index contributed by atoms with van der Waals surface area (Å²) in [5.74, 6) is -0.328. The smallest absolute Gasteiger partial charge is 0.337 e. The lowest BCUT2D eigenvalue weighted by Crippen LogP contribution is -2.06. The fourth-order valence-electron chi connectivity index (χ4n) is 1.45. The summed E-state index contributed by atoms with van der Waals surface area (Å²) in [7, 11) is 0. The Balaban J connectivity index is 2.10. The molecule has 0 saturated carbocycles. The first-order chi connectivity index (χ1) is 8.66. The van der Waals surface area contributed by atoms with Crippen LogP contribution in [0.2, 0.25) is 0 Å². The minimum absolute atomic E-state index is 0.122. The van der Waals surface area contributed by atoms with Gasteiger partial charge in [0.05, 0.1) is 5.56 Å². The van der Waals surface area contributed by atoms with Crippen LogP contribution in [0.15, 0.2) is 42.7 Å². The normalized spacial score (nSPS) is 10.0. The van der Waals surface area contributed by atoms with Crippen LogP contribution >= 0.6 is 0 Å². The molecule has 0 atom stereocenters. The van der Waals surface area contributed by atoms with Crippen molar-refractivity contribution in [2.24, 2.45) is 0 Å². The van der Waals surface area contributed by atoms with Crippen molar-refractivity contribution in [1.29, 1.82) is 0 Å². The van der Waals surface area contributed by atoms with Crippen molar-refractivity contribution in [2.75, 3.05) is 0 Å². The molecule has 5 nitrogen and oxygen atoms in total. The van der Waals surface area contributed by atoms with Crippen molar-refractivity contribution < 1.29 is 19.7 Å². The average molecular weight is 245 g/mol. The summed E-state index contributed by atoms with van der Waals surface area (Å²) in [6.45, 7) is 0.134. The van der Waals surface area contributed by atoms with Crippen molar-refractivity contribution in [2.45, 2.75) is 6.61 Å². The molecule has 18 heavy (non-hydrogen) atoms. The highest BCUT2D eigenvalue weighted by Crippen LogP contribution is 2.18. The van der Waals surface area contributed by atoms with Crippen molar-refractivity contribution in [3.63, 3.8) is 0 Å². The van der Waals surface area contributed by atoms with Crippen molar-refractivity contribution in [3.05, 3.63) is 53.9 Å². The summed E-state index contributed by atoms with van der Waals surface area (Å²) < 4.78 is 5.44. The molecular weight excluding hydrogens is 234 g/mol. The summed E-state index contributed by atoms with van der Waals surface area (Å²) in [5, 5.41) is 18.1. The Morgan fingerprint density at radius 3 is 2.61 bits per heavy atom. The summed E-state index contributed by atoms with van der Waals surface area (Å²) in [4.78, 5) is 14.7. The zero-order valence-corrected chi connectivity index (χ0v) is 9.41. The van der Waals surface area contributed by atoms with Gasteiger partial charge in [0.2, 0.25) is 0 Å². The summed E-state index contributed by atoms with van der Waals surface area (Å²) in [5.41, 5.74) is 0.668. The molecule has 1 aromatic carbocycles. The molecule has 2 N–H and O–H groups in total. The van der Waals surface area contributed by atoms with Crippen molar-refractivity contribution in [1.82, 2.24) is 4.98 Å². The third-order valence-electron chi connectivity index (χ3n) is 2.37. The van der Waals surface area contributed by atoms with E-state index in [1.165, 1.54) is 24.5 Å². The third kappa shape index (κ3) is 2.76. The average Bonchev–Trinajstić information content (AvgIpc) is 2.38. The van der Waals surface area contributed by atoms with Crippen molar-refractivity contribution >= 4 is 5.97 Å². The second-order valence-electron chi connectivity index (χ2n) is 3.62. The molecule has 0 spiro atoms. The molecule has 0 aliphatic carbocycles. The maximum absolute atomic E-state index is 10.9. The number of hydrogen-bond acceptors (Lipinski definition) is 4. The van der Waals surface area contributed by atoms with Crippen molar-refractivity contribution in [3.8, 4) is 11.5 Å². The molecule has 0 fully saturated rings. The number of pyridine rings is 1. The van der Waals surface area contributed by atoms with Crippen LogP contribution in [0.3, 0.4) is 0 Å². The number of aromatic carboxylic acids is 1. The van der Waals surface area contributed by atoms with Gasteiger partial charge in [-0.15, -0.1) is 0 Å². The number of aromatic hydroxyl groups is 1. The van der Waals surface area contributed by atoms with Crippen LogP contribution in [-0.4, -0.2) is 21.2 Å². The van der Waals surface area contributed by atoms with E-state index in [2.05, 4.69) is 4.98 Å². The fourth-order valence-corrected chi connectivity index (χ4v) is 1.45. The minimum Gasteiger partial charge on any atom is -0.508 e. The standard InChI is InChI=1S/C13H11NO4/c15-10-1-3-11(4-2-10)18-8-9-5-6-14-7-12(9)13(16)17/h1-7,15H,8H2,(H,16,17). The molecule has 0 bridgehead atoms. The molecule has 1 aromatic heterocycles. The SMILES string of the molecule is O=C(O)c1cnccc1COc1ccc(O)cc1. The highest BCUT2D eigenvalue weighted by Gasteiger charge is 2.10. The molecule has 0 radical (unpaired) electrons. The van der Waals surface area contributed by atoms with Crippen LogP contribution in [-0.2, 0) is 6.61 Å². The monoisotopic (exact) mass is 245 g/mol. The number of aromatic nitrogens is 1. The Bertz CT molecular complexity index is 551. The number of benzene rings is 1. The summed E-state index contributed by atoms with van der Waals surface area (Å²) >= 11 is 0. The van der Waals surface area contributed by atoms with Crippen LogP contribution in [0, 0.1) is 0 Å². The first-order valence-corrected chi connectivity index (χ1v) is 5.25. The molecule has 92 valence electrons. The van der Waals surface area contributed by atoms with Gasteiger partial charge in [0.15, 0.2) is 0 Å². The number of carboxylic acids is 1. The number of phenols is 1. The molecule has 5 heteroatoms. The molecule has 0 saturated heterocycles. The maximum Gasteiger partial charge on any atom is 0.337 e. The molecule has 0 unspecified atom stereocenters. The summed E-state index contributed by atoms with van der Waals surface area (Å²) in [6, 6.07) is 7.82. The van der Waals surface area contributed by atoms with Gasteiger partial charge in [0.25, 0.3) is 0 Å². The highest BCUT2D eigenvalue weighted by atomic mass is 16.5. The molecule has 0 aliphatic rings. The zero-order chi connectivity index (χ0) is 13.0. The minimum atomic E-state index is -1.03. The Kier molecular flexibility index (Phi) is 3.43. The van der Waals surface area contributed by atoms with E-state index in [1.807, 2.05) is 0 Å². The molecule has 1 heterocycles. The van der Waals surface area contributed by atoms with Gasteiger partial charge in [-0.05, 0) is 30.3 Å². The van der Waals surface area contributed by atoms with Crippen LogP contribution < -0.4 is 4.74 Å². The number of ether oxygens (including phenoxy) is 1. The lowest BCUT2D eigenvalue weighted by molar-refractivity contribution is 0.0693. The number of carboxylic acid groups (broad SMARTS) is 1. The van der Waals surface area contributed by atoms with E-state index in [4.69, 9.17) is 14.9 Å². The Morgan fingerprint density at radius 1 is 1.22 bits per heavy atom. The third-order valence-corrected chi connectivity index (χ3v) is 2.37. The quantitative estimate of drug-likeness (QED) is 0.861. The van der Waals surface area contributed by atoms with E-state index in [9.17, 15) is 4.79 Å². The highest BCUT2D eigenvalue weighted by molar-refractivity contribution is 5.88. The first-order valence-electron chi connectivity index (χ1n) is 5.25. The Morgan fingerprint density at radius 2 is 1.94 bits per heavy atom. The Labute approximate surface area is 103 Å². The second kappa shape index (κ2) is 5.18. The molecular formula is C13H11NO4. The maximum atomic E-state index is 10.9. The van der Waals surface area contributed by atoms with E-state index in [0.717, 1.165) is 0 Å². The number of nitrogens with zero attached hydrogens (tertiary/aromatic N) is 1. The van der Waals surface area contributed by atoms with Crippen LogP contribution in [0.25, 0.3) is 0 Å². The van der Waals surface area contributed by atoms with E-state index in [1.54, 1.807) is 18.2 Å². The molecule has 2 rings (SSSR count). The molecule has 2 aromatic rings. The predicted octanol–water partition coefficient (Wildman–Crippen LogP) is 2.06. The largest absolute Gasteiger partial charge is 0.508 e. The van der Waals surface area contributed by atoms with E-state index in [-0.39, 0.29) is 17.9 Å². The lowest BCUT2D eigenvalue weighted by Gasteiger charge is -2.08. The van der Waals surface area contributed by atoms with E-state index < -0.39 is 5.97 Å². The summed E-state index contributed by atoms with van der Waals surface area (Å²) in [6.07, 6.45) is 2.81. The lowest BCUT2D eigenvalue weighted by atomic mass is 10.1. The van der Waals surface area contributed by atoms with Crippen LogP contribution in [0.1, 0.15) is 15.9 Å². The van der Waals surface area contributed by atoms with Gasteiger partial charge in [0.1, 0.15) is 18.1 Å². The van der Waals surface area contributed by atoms with Gasteiger partial charge in [-0.2, -0.15) is 0 Å². The topological polar surface area (TPSA) is 79.7 Å². The molecule has 0 aliphatic heterocycles. The number of hydrogen-bond donors (Lipinski definition) is 2. The molecule has 0 amide bonds. The first kappa shape index (κ1) is 11.9. The van der Waals surface area contributed by atoms with Gasteiger partial charge in [-0.1, -0.05) is 0 Å². The van der Waals surface area contributed by atoms with Crippen LogP contribution in [0.4, 0.5) is 0 Å².